The van der Waals surface area contributed by atoms with Crippen molar-refractivity contribution in [3.63, 3.8) is 0 Å². The molecule has 0 bridgehead atoms. The van der Waals surface area contributed by atoms with Gasteiger partial charge in [0, 0.05) is 32.4 Å². The lowest BCUT2D eigenvalue weighted by Crippen LogP contribution is -2.38. The van der Waals surface area contributed by atoms with E-state index in [4.69, 9.17) is 9.72 Å². The maximum absolute atomic E-state index is 5.38. The molecule has 3 heterocycles. The van der Waals surface area contributed by atoms with Gasteiger partial charge in [0.05, 0.1) is 13.2 Å². The zero-order chi connectivity index (χ0) is 13.1. The van der Waals surface area contributed by atoms with Gasteiger partial charge in [-0.25, -0.2) is 4.98 Å². The summed E-state index contributed by atoms with van der Waals surface area (Å²) >= 11 is 0. The third kappa shape index (κ3) is 2.97. The molecule has 2 aliphatic rings. The van der Waals surface area contributed by atoms with Crippen LogP contribution in [0.15, 0.2) is 12.3 Å². The molecule has 0 atom stereocenters. The minimum Gasteiger partial charge on any atom is -0.378 e. The average Bonchev–Trinajstić information content (AvgIpc) is 2.49. The molecule has 0 unspecified atom stereocenters. The Labute approximate surface area is 114 Å². The lowest BCUT2D eigenvalue weighted by molar-refractivity contribution is 0.122. The number of hydrogen-bond acceptors (Lipinski definition) is 5. The molecular formula is C14H22N4O. The first-order valence-electron chi connectivity index (χ1n) is 7.23. The molecule has 5 nitrogen and oxygen atoms in total. The number of rotatable bonds is 2. The van der Waals surface area contributed by atoms with E-state index in [-0.39, 0.29) is 0 Å². The lowest BCUT2D eigenvalue weighted by Gasteiger charge is -2.32. The van der Waals surface area contributed by atoms with Crippen LogP contribution in [0.5, 0.6) is 0 Å². The number of hydrogen-bond donors (Lipinski definition) is 0. The molecule has 104 valence electrons. The summed E-state index contributed by atoms with van der Waals surface area (Å²) in [5.74, 6) is 2.75. The van der Waals surface area contributed by atoms with E-state index < -0.39 is 0 Å². The van der Waals surface area contributed by atoms with Crippen molar-refractivity contribution in [3.8, 4) is 0 Å². The molecule has 0 N–H and O–H groups in total. The van der Waals surface area contributed by atoms with Crippen LogP contribution in [0, 0.1) is 5.92 Å². The fraction of sp³-hybridized carbons (Fsp3) is 0.714. The van der Waals surface area contributed by atoms with E-state index in [0.29, 0.717) is 0 Å². The van der Waals surface area contributed by atoms with Gasteiger partial charge < -0.3 is 14.5 Å². The molecule has 0 spiro atoms. The van der Waals surface area contributed by atoms with Crippen LogP contribution >= 0.6 is 0 Å². The number of aromatic nitrogens is 2. The van der Waals surface area contributed by atoms with E-state index in [9.17, 15) is 0 Å². The minimum absolute atomic E-state index is 0.792. The van der Waals surface area contributed by atoms with Crippen molar-refractivity contribution in [2.45, 2.75) is 19.8 Å². The highest BCUT2D eigenvalue weighted by Crippen LogP contribution is 2.22. The van der Waals surface area contributed by atoms with Crippen LogP contribution in [0.1, 0.15) is 19.8 Å². The molecular weight excluding hydrogens is 240 g/mol. The normalized spacial score (nSPS) is 21.7. The van der Waals surface area contributed by atoms with E-state index >= 15 is 0 Å². The molecule has 2 aliphatic heterocycles. The summed E-state index contributed by atoms with van der Waals surface area (Å²) in [7, 11) is 0. The maximum Gasteiger partial charge on any atom is 0.227 e. The second-order valence-electron chi connectivity index (χ2n) is 5.48. The van der Waals surface area contributed by atoms with Gasteiger partial charge in [-0.2, -0.15) is 4.98 Å². The maximum atomic E-state index is 5.38. The van der Waals surface area contributed by atoms with Crippen molar-refractivity contribution in [3.05, 3.63) is 12.3 Å². The second kappa shape index (κ2) is 5.74. The topological polar surface area (TPSA) is 41.5 Å². The minimum atomic E-state index is 0.792. The first-order valence-corrected chi connectivity index (χ1v) is 7.23. The molecule has 0 aliphatic carbocycles. The predicted molar refractivity (Wildman–Crippen MR) is 75.7 cm³/mol. The van der Waals surface area contributed by atoms with Gasteiger partial charge in [0.1, 0.15) is 5.82 Å². The quantitative estimate of drug-likeness (QED) is 0.809. The van der Waals surface area contributed by atoms with E-state index in [1.54, 1.807) is 0 Å². The largest absolute Gasteiger partial charge is 0.378 e. The highest BCUT2D eigenvalue weighted by molar-refractivity contribution is 5.44. The van der Waals surface area contributed by atoms with Gasteiger partial charge in [-0.15, -0.1) is 0 Å². The Kier molecular flexibility index (Phi) is 3.82. The molecule has 0 saturated carbocycles. The highest BCUT2D eigenvalue weighted by atomic mass is 16.5. The Morgan fingerprint density at radius 3 is 2.58 bits per heavy atom. The Bertz CT molecular complexity index is 412. The van der Waals surface area contributed by atoms with Gasteiger partial charge in [0.2, 0.25) is 5.95 Å². The second-order valence-corrected chi connectivity index (χ2v) is 5.48. The van der Waals surface area contributed by atoms with Crippen LogP contribution in [0.3, 0.4) is 0 Å². The van der Waals surface area contributed by atoms with Crippen LogP contribution < -0.4 is 9.80 Å². The summed E-state index contributed by atoms with van der Waals surface area (Å²) in [6.07, 6.45) is 4.36. The Hall–Kier alpha value is -1.36. The van der Waals surface area contributed by atoms with Crippen LogP contribution in [-0.4, -0.2) is 49.4 Å². The van der Waals surface area contributed by atoms with Crippen molar-refractivity contribution < 1.29 is 4.74 Å². The standard InChI is InChI=1S/C14H22N4O/c1-12-3-6-18(7-4-12)14-15-5-2-13(16-14)17-8-10-19-11-9-17/h2,5,12H,3-4,6-11H2,1H3. The van der Waals surface area contributed by atoms with Gasteiger partial charge in [-0.3, -0.25) is 0 Å². The third-order valence-corrected chi connectivity index (χ3v) is 4.03. The summed E-state index contributed by atoms with van der Waals surface area (Å²) in [6.45, 7) is 7.91. The van der Waals surface area contributed by atoms with Gasteiger partial charge in [0.15, 0.2) is 0 Å². The molecule has 1 aromatic rings. The first-order chi connectivity index (χ1) is 9.33. The van der Waals surface area contributed by atoms with Crippen LogP contribution in [0.2, 0.25) is 0 Å². The molecule has 5 heteroatoms. The van der Waals surface area contributed by atoms with Crippen molar-refractivity contribution in [1.29, 1.82) is 0 Å². The summed E-state index contributed by atoms with van der Waals surface area (Å²) in [6, 6.07) is 2.00. The van der Waals surface area contributed by atoms with E-state index in [1.807, 2.05) is 12.3 Å². The summed E-state index contributed by atoms with van der Waals surface area (Å²) in [4.78, 5) is 13.8. The van der Waals surface area contributed by atoms with Gasteiger partial charge in [-0.1, -0.05) is 6.92 Å². The lowest BCUT2D eigenvalue weighted by atomic mass is 10.00. The number of ether oxygens (including phenoxy) is 1. The molecule has 0 amide bonds. The Balaban J connectivity index is 1.72. The fourth-order valence-corrected chi connectivity index (χ4v) is 2.67. The highest BCUT2D eigenvalue weighted by Gasteiger charge is 2.19. The smallest absolute Gasteiger partial charge is 0.227 e. The number of piperidine rings is 1. The SMILES string of the molecule is CC1CCN(c2nccc(N3CCOCC3)n2)CC1. The van der Waals surface area contributed by atoms with Crippen LogP contribution in [0.25, 0.3) is 0 Å². The number of anilines is 2. The summed E-state index contributed by atoms with van der Waals surface area (Å²) < 4.78 is 5.38. The molecule has 0 radical (unpaired) electrons. The van der Waals surface area contributed by atoms with Crippen molar-refractivity contribution >= 4 is 11.8 Å². The van der Waals surface area contributed by atoms with E-state index in [2.05, 4.69) is 21.7 Å². The van der Waals surface area contributed by atoms with Gasteiger partial charge in [-0.05, 0) is 24.8 Å². The molecule has 2 saturated heterocycles. The zero-order valence-electron chi connectivity index (χ0n) is 11.6. The first kappa shape index (κ1) is 12.7. The zero-order valence-corrected chi connectivity index (χ0v) is 11.6. The Morgan fingerprint density at radius 1 is 1.11 bits per heavy atom. The molecule has 1 aromatic heterocycles. The summed E-state index contributed by atoms with van der Waals surface area (Å²) in [5.41, 5.74) is 0. The van der Waals surface area contributed by atoms with Crippen LogP contribution in [-0.2, 0) is 4.74 Å². The number of nitrogens with zero attached hydrogens (tertiary/aromatic N) is 4. The van der Waals surface area contributed by atoms with Gasteiger partial charge in [0.25, 0.3) is 0 Å². The monoisotopic (exact) mass is 262 g/mol. The Morgan fingerprint density at radius 2 is 1.84 bits per heavy atom. The summed E-state index contributed by atoms with van der Waals surface area (Å²) in [5, 5.41) is 0. The third-order valence-electron chi connectivity index (χ3n) is 4.03. The molecule has 3 rings (SSSR count). The molecule has 0 aromatic carbocycles. The van der Waals surface area contributed by atoms with Crippen LogP contribution in [0.4, 0.5) is 11.8 Å². The number of morpholine rings is 1. The van der Waals surface area contributed by atoms with E-state index in [1.165, 1.54) is 12.8 Å². The average molecular weight is 262 g/mol. The molecule has 19 heavy (non-hydrogen) atoms. The van der Waals surface area contributed by atoms with Gasteiger partial charge >= 0.3 is 0 Å². The van der Waals surface area contributed by atoms with Crippen molar-refractivity contribution in [2.24, 2.45) is 5.92 Å². The predicted octanol–water partition coefficient (Wildman–Crippen LogP) is 1.55. The fourth-order valence-electron chi connectivity index (χ4n) is 2.67. The van der Waals surface area contributed by atoms with E-state index in [0.717, 1.165) is 57.1 Å². The van der Waals surface area contributed by atoms with Crippen molar-refractivity contribution in [2.75, 3.05) is 49.2 Å². The van der Waals surface area contributed by atoms with Crippen molar-refractivity contribution in [1.82, 2.24) is 9.97 Å². The molecule has 2 fully saturated rings.